The summed E-state index contributed by atoms with van der Waals surface area (Å²) in [5.41, 5.74) is 2.20. The topological polar surface area (TPSA) is 116 Å². The van der Waals surface area contributed by atoms with Crippen molar-refractivity contribution >= 4 is 42.9 Å². The van der Waals surface area contributed by atoms with Gasteiger partial charge in [0, 0.05) is 31.6 Å². The van der Waals surface area contributed by atoms with E-state index in [1.165, 1.54) is 5.57 Å². The summed E-state index contributed by atoms with van der Waals surface area (Å²) in [5, 5.41) is 6.73. The monoisotopic (exact) mass is 588 g/mol. The van der Waals surface area contributed by atoms with Crippen molar-refractivity contribution in [3.8, 4) is 0 Å². The number of carbonyl (C=O) groups is 5. The number of carbonyl (C=O) groups excluding carboxylic acids is 5. The maximum Gasteiger partial charge on any atom is 0.243 e. The molecule has 0 saturated carbocycles. The second-order valence-electron chi connectivity index (χ2n) is 9.44. The molecule has 3 amide bonds. The van der Waals surface area contributed by atoms with E-state index in [0.29, 0.717) is 25.9 Å². The molecule has 2 saturated heterocycles. The number of hydrogen-bond acceptors (Lipinski definition) is 6. The van der Waals surface area contributed by atoms with Gasteiger partial charge in [-0.3, -0.25) is 14.4 Å². The molecule has 10 heteroatoms. The van der Waals surface area contributed by atoms with Crippen LogP contribution in [-0.2, 0) is 24.0 Å². The van der Waals surface area contributed by atoms with Crippen LogP contribution in [0, 0.1) is 0 Å². The fraction of sp³-hybridized carbons (Fsp3) is 0.452. The van der Waals surface area contributed by atoms with E-state index in [0.717, 1.165) is 29.9 Å². The van der Waals surface area contributed by atoms with Crippen molar-refractivity contribution in [2.75, 3.05) is 26.7 Å². The fourth-order valence-electron chi connectivity index (χ4n) is 4.27. The second kappa shape index (κ2) is 22.0. The van der Waals surface area contributed by atoms with E-state index in [1.54, 1.807) is 9.80 Å². The highest BCUT2D eigenvalue weighted by atomic mass is 35.5. The summed E-state index contributed by atoms with van der Waals surface area (Å²) in [4.78, 5) is 56.6. The summed E-state index contributed by atoms with van der Waals surface area (Å²) in [6, 6.07) is 9.24. The Morgan fingerprint density at radius 1 is 1.05 bits per heavy atom. The first kappa shape index (κ1) is 37.3. The van der Waals surface area contributed by atoms with Gasteiger partial charge < -0.3 is 30.0 Å². The van der Waals surface area contributed by atoms with E-state index in [4.69, 9.17) is 21.2 Å². The molecule has 1 aromatic rings. The third-order valence-electron chi connectivity index (χ3n) is 6.37. The van der Waals surface area contributed by atoms with Gasteiger partial charge in [0.15, 0.2) is 0 Å². The molecular weight excluding hydrogens is 544 g/mol. The molecule has 9 nitrogen and oxygen atoms in total. The number of halogens is 1. The molecule has 0 radical (unpaired) electrons. The quantitative estimate of drug-likeness (QED) is 0.437. The average molecular weight is 589 g/mol. The number of nitrogens with zero attached hydrogens (tertiary/aromatic N) is 2. The zero-order valence-corrected chi connectivity index (χ0v) is 25.5. The molecule has 0 bridgehead atoms. The molecular formula is C31H45ClN4O5. The Labute approximate surface area is 249 Å². The molecule has 41 heavy (non-hydrogen) atoms. The highest BCUT2D eigenvalue weighted by Crippen LogP contribution is 2.21. The van der Waals surface area contributed by atoms with Crippen LogP contribution >= 0.6 is 11.6 Å². The Hall–Kier alpha value is -3.72. The molecule has 2 aliphatic heterocycles. The molecule has 0 aromatic heterocycles. The van der Waals surface area contributed by atoms with Crippen LogP contribution < -0.4 is 10.6 Å². The number of amides is 3. The van der Waals surface area contributed by atoms with Gasteiger partial charge in [-0.1, -0.05) is 48.0 Å². The van der Waals surface area contributed by atoms with Gasteiger partial charge in [0.25, 0.3) is 0 Å². The summed E-state index contributed by atoms with van der Waals surface area (Å²) in [6.45, 7) is 11.1. The highest BCUT2D eigenvalue weighted by Gasteiger charge is 2.35. The predicted octanol–water partition coefficient (Wildman–Crippen LogP) is 4.31. The van der Waals surface area contributed by atoms with Crippen LogP contribution in [0.4, 0.5) is 0 Å². The van der Waals surface area contributed by atoms with E-state index in [2.05, 4.69) is 10.6 Å². The Bertz CT molecular complexity index is 1020. The molecule has 0 spiro atoms. The van der Waals surface area contributed by atoms with Crippen molar-refractivity contribution in [3.05, 3.63) is 70.9 Å². The molecule has 2 aliphatic rings. The van der Waals surface area contributed by atoms with E-state index in [9.17, 15) is 14.4 Å². The Balaban J connectivity index is 0.000000901. The lowest BCUT2D eigenvalue weighted by Crippen LogP contribution is -2.50. The van der Waals surface area contributed by atoms with Crippen molar-refractivity contribution in [1.29, 1.82) is 0 Å². The van der Waals surface area contributed by atoms with E-state index >= 15 is 0 Å². The first-order valence-electron chi connectivity index (χ1n) is 13.6. The molecule has 226 valence electrons. The fourth-order valence-corrected chi connectivity index (χ4v) is 4.34. The van der Waals surface area contributed by atoms with Crippen molar-refractivity contribution in [1.82, 2.24) is 20.4 Å². The van der Waals surface area contributed by atoms with Crippen molar-refractivity contribution in [2.45, 2.75) is 65.0 Å². The summed E-state index contributed by atoms with van der Waals surface area (Å²) in [6.07, 6.45) is 11.6. The summed E-state index contributed by atoms with van der Waals surface area (Å²) in [7, 11) is 1.87. The number of benzene rings is 1. The molecule has 0 unspecified atom stereocenters. The van der Waals surface area contributed by atoms with Crippen LogP contribution in [0.3, 0.4) is 0 Å². The number of nitrogens with one attached hydrogen (secondary N) is 2. The lowest BCUT2D eigenvalue weighted by molar-refractivity contribution is -0.144. The average Bonchev–Trinajstić information content (AvgIpc) is 3.50. The minimum atomic E-state index is -0.437. The van der Waals surface area contributed by atoms with E-state index < -0.39 is 6.04 Å². The van der Waals surface area contributed by atoms with Crippen molar-refractivity contribution in [3.63, 3.8) is 0 Å². The molecule has 2 fully saturated rings. The Kier molecular flexibility index (Phi) is 20.0. The molecule has 3 rings (SSSR count). The summed E-state index contributed by atoms with van der Waals surface area (Å²) in [5.74, 6) is -0.190. The van der Waals surface area contributed by atoms with Crippen LogP contribution in [0.25, 0.3) is 0 Å². The van der Waals surface area contributed by atoms with Gasteiger partial charge in [-0.05, 0) is 75.9 Å². The van der Waals surface area contributed by atoms with Crippen LogP contribution in [-0.4, -0.2) is 73.8 Å². The summed E-state index contributed by atoms with van der Waals surface area (Å²) >= 11 is 5.63. The maximum absolute atomic E-state index is 12.7. The molecule has 2 atom stereocenters. The summed E-state index contributed by atoms with van der Waals surface area (Å²) < 4.78 is 0. The third kappa shape index (κ3) is 14.5. The SMILES string of the molecule is C=O.C=O.CN/C=C/C(C)=C/C=C(\C)Cl.C[C@H](NC(=O)[C@@H]1CCCN1C(=O)CN1CCCCC1=O)c1ccccc1. The molecule has 2 N–H and O–H groups in total. The van der Waals surface area contributed by atoms with Gasteiger partial charge in [0.2, 0.25) is 17.7 Å². The van der Waals surface area contributed by atoms with Crippen molar-refractivity contribution < 1.29 is 24.0 Å². The van der Waals surface area contributed by atoms with Gasteiger partial charge >= 0.3 is 0 Å². The van der Waals surface area contributed by atoms with E-state index in [1.807, 2.05) is 96.2 Å². The van der Waals surface area contributed by atoms with Crippen LogP contribution in [0.2, 0.25) is 0 Å². The first-order valence-corrected chi connectivity index (χ1v) is 14.0. The van der Waals surface area contributed by atoms with Gasteiger partial charge in [0.05, 0.1) is 12.6 Å². The minimum absolute atomic E-state index is 0.0440. The number of likely N-dealkylation sites (tertiary alicyclic amines) is 2. The lowest BCUT2D eigenvalue weighted by Gasteiger charge is -2.30. The normalized spacial score (nSPS) is 17.7. The lowest BCUT2D eigenvalue weighted by atomic mass is 10.1. The maximum atomic E-state index is 12.7. The second-order valence-corrected chi connectivity index (χ2v) is 10.0. The first-order chi connectivity index (χ1) is 19.7. The van der Waals surface area contributed by atoms with Gasteiger partial charge in [-0.2, -0.15) is 0 Å². The third-order valence-corrected chi connectivity index (χ3v) is 6.50. The molecule has 2 heterocycles. The number of piperidine rings is 1. The zero-order chi connectivity index (χ0) is 31.2. The smallest absolute Gasteiger partial charge is 0.243 e. The van der Waals surface area contributed by atoms with Crippen LogP contribution in [0.5, 0.6) is 0 Å². The highest BCUT2D eigenvalue weighted by molar-refractivity contribution is 6.29. The standard InChI is InChI=1S/C20H27N3O3.C9H14ClN.2CH2O/c1-15(16-8-3-2-4-9-16)21-20(26)17-10-7-13-23(17)19(25)14-22-12-6-5-11-18(22)24;1-8(6-7-11-3)4-5-9(2)10;2*1-2/h2-4,8-9,15,17H,5-7,10-14H2,1H3,(H,21,26);4-7,11H,1-3H3;2*1H2/b;7-6+,8-4+,9-5+;;/t15-,17-;;;/m0.../s1. The molecule has 1 aromatic carbocycles. The number of rotatable bonds is 8. The van der Waals surface area contributed by atoms with Crippen LogP contribution in [0.15, 0.2) is 65.4 Å². The van der Waals surface area contributed by atoms with Crippen LogP contribution in [0.1, 0.15) is 64.5 Å². The number of hydrogen-bond donors (Lipinski definition) is 2. The predicted molar refractivity (Wildman–Crippen MR) is 164 cm³/mol. The van der Waals surface area contributed by atoms with E-state index in [-0.39, 0.29) is 30.3 Å². The van der Waals surface area contributed by atoms with Crippen molar-refractivity contribution in [2.24, 2.45) is 0 Å². The largest absolute Gasteiger partial charge is 0.394 e. The van der Waals surface area contributed by atoms with Gasteiger partial charge in [0.1, 0.15) is 19.6 Å². The van der Waals surface area contributed by atoms with Gasteiger partial charge in [-0.15, -0.1) is 0 Å². The Morgan fingerprint density at radius 3 is 2.29 bits per heavy atom. The molecule has 0 aliphatic carbocycles. The zero-order valence-electron chi connectivity index (χ0n) is 24.7. The number of allylic oxidation sites excluding steroid dienone is 5. The Morgan fingerprint density at radius 2 is 1.71 bits per heavy atom. The van der Waals surface area contributed by atoms with Gasteiger partial charge in [-0.25, -0.2) is 0 Å². The minimum Gasteiger partial charge on any atom is -0.394 e.